The second-order valence-electron chi connectivity index (χ2n) is 10.8. The number of ether oxygens (including phenoxy) is 2. The van der Waals surface area contributed by atoms with Crippen LogP contribution in [0.2, 0.25) is 0 Å². The summed E-state index contributed by atoms with van der Waals surface area (Å²) in [5, 5.41) is 0. The largest absolute Gasteiger partial charge is 0.474 e. The lowest BCUT2D eigenvalue weighted by molar-refractivity contribution is -0.0592. The molecule has 0 spiro atoms. The highest BCUT2D eigenvalue weighted by Gasteiger charge is 2.34. The van der Waals surface area contributed by atoms with Crippen molar-refractivity contribution in [1.29, 1.82) is 0 Å². The van der Waals surface area contributed by atoms with Gasteiger partial charge < -0.3 is 18.9 Å². The molecule has 11 heteroatoms. The summed E-state index contributed by atoms with van der Waals surface area (Å²) in [5.74, 6) is -0.625. The van der Waals surface area contributed by atoms with Gasteiger partial charge in [-0.05, 0) is 31.4 Å². The Labute approximate surface area is 226 Å². The summed E-state index contributed by atoms with van der Waals surface area (Å²) in [7, 11) is 0. The highest BCUT2D eigenvalue weighted by molar-refractivity contribution is 5.78. The van der Waals surface area contributed by atoms with E-state index < -0.39 is 5.92 Å². The quantitative estimate of drug-likeness (QED) is 0.394. The molecular formula is C28H33F2N7O2. The van der Waals surface area contributed by atoms with E-state index in [0.29, 0.717) is 37.9 Å². The van der Waals surface area contributed by atoms with Crippen molar-refractivity contribution in [1.82, 2.24) is 29.3 Å². The first-order chi connectivity index (χ1) is 18.9. The van der Waals surface area contributed by atoms with Gasteiger partial charge in [0, 0.05) is 58.2 Å². The summed E-state index contributed by atoms with van der Waals surface area (Å²) >= 11 is 0. The summed E-state index contributed by atoms with van der Waals surface area (Å²) < 4.78 is 41.1. The van der Waals surface area contributed by atoms with Crippen LogP contribution in [-0.2, 0) is 24.4 Å². The Kier molecular flexibility index (Phi) is 7.42. The van der Waals surface area contributed by atoms with Crippen LogP contribution in [0.15, 0.2) is 30.5 Å². The van der Waals surface area contributed by atoms with Crippen LogP contribution in [0.5, 0.6) is 5.88 Å². The van der Waals surface area contributed by atoms with Crippen LogP contribution in [0.4, 0.5) is 14.6 Å². The molecule has 39 heavy (non-hydrogen) atoms. The molecule has 0 unspecified atom stereocenters. The molecule has 9 nitrogen and oxygen atoms in total. The monoisotopic (exact) mass is 537 g/mol. The van der Waals surface area contributed by atoms with E-state index in [4.69, 9.17) is 21.0 Å². The third kappa shape index (κ3) is 6.19. The number of fused-ring (bicyclic) bond motifs is 1. The predicted molar refractivity (Wildman–Crippen MR) is 141 cm³/mol. The molecule has 3 saturated heterocycles. The first-order valence-electron chi connectivity index (χ1n) is 13.7. The van der Waals surface area contributed by atoms with Gasteiger partial charge in [0.15, 0.2) is 0 Å². The maximum atomic E-state index is 13.5. The molecule has 0 bridgehead atoms. The lowest BCUT2D eigenvalue weighted by Gasteiger charge is -2.32. The number of pyridine rings is 2. The number of alkyl halides is 2. The van der Waals surface area contributed by atoms with Crippen LogP contribution < -0.4 is 4.74 Å². The minimum Gasteiger partial charge on any atom is -0.474 e. The highest BCUT2D eigenvalue weighted by Crippen LogP contribution is 2.29. The van der Waals surface area contributed by atoms with Crippen LogP contribution in [0.1, 0.15) is 43.6 Å². The third-order valence-corrected chi connectivity index (χ3v) is 7.93. The Morgan fingerprint density at radius 2 is 1.82 bits per heavy atom. The molecule has 6 heterocycles. The van der Waals surface area contributed by atoms with Gasteiger partial charge in [-0.25, -0.2) is 18.7 Å². The van der Waals surface area contributed by atoms with E-state index in [-0.39, 0.29) is 25.0 Å². The summed E-state index contributed by atoms with van der Waals surface area (Å²) in [6.07, 6.45) is 4.63. The van der Waals surface area contributed by atoms with E-state index >= 15 is 0 Å². The van der Waals surface area contributed by atoms with Gasteiger partial charge in [-0.1, -0.05) is 12.6 Å². The predicted octanol–water partition coefficient (Wildman–Crippen LogP) is 4.44. The molecule has 0 radical (unpaired) electrons. The topological polar surface area (TPSA) is 72.9 Å². The molecule has 3 aromatic rings. The van der Waals surface area contributed by atoms with Gasteiger partial charge in [-0.3, -0.25) is 9.80 Å². The Morgan fingerprint density at radius 1 is 1.05 bits per heavy atom. The zero-order valence-corrected chi connectivity index (χ0v) is 21.9. The zero-order chi connectivity index (χ0) is 26.8. The molecule has 0 amide bonds. The normalized spacial score (nSPS) is 22.4. The number of aromatic nitrogens is 4. The fraction of sp³-hybridized carbons (Fsp3) is 0.571. The first-order valence-corrected chi connectivity index (χ1v) is 13.7. The number of hydrogen-bond acceptors (Lipinski definition) is 7. The summed E-state index contributed by atoms with van der Waals surface area (Å²) in [6, 6.07) is 7.48. The standard InChI is InChI=1S/C28H33F2N7O2/c1-31-25-15-23-24(16-32-25)37(18-22-7-14-38-22)26(34-23)19-35-10-5-21(6-11-35)39-27-4-2-3-20(33-27)17-36-12-8-28(29,30)9-13-36/h2-4,15-16,21-22H,5-14,17-19H2/t22-/m0/s1. The number of likely N-dealkylation sites (tertiary alicyclic amines) is 2. The van der Waals surface area contributed by atoms with E-state index in [0.717, 1.165) is 68.1 Å². The molecular weight excluding hydrogens is 504 g/mol. The van der Waals surface area contributed by atoms with E-state index in [2.05, 4.69) is 24.3 Å². The average molecular weight is 538 g/mol. The molecule has 1 atom stereocenters. The van der Waals surface area contributed by atoms with E-state index in [9.17, 15) is 8.78 Å². The molecule has 0 aromatic carbocycles. The Balaban J connectivity index is 1.05. The van der Waals surface area contributed by atoms with Crippen molar-refractivity contribution < 1.29 is 18.3 Å². The second-order valence-corrected chi connectivity index (χ2v) is 10.8. The maximum absolute atomic E-state index is 13.5. The van der Waals surface area contributed by atoms with E-state index in [1.54, 1.807) is 12.3 Å². The minimum absolute atomic E-state index is 0.0743. The Bertz CT molecular complexity index is 1340. The fourth-order valence-corrected chi connectivity index (χ4v) is 5.52. The van der Waals surface area contributed by atoms with Gasteiger partial charge in [0.2, 0.25) is 5.88 Å². The van der Waals surface area contributed by atoms with Gasteiger partial charge in [0.1, 0.15) is 23.6 Å². The van der Waals surface area contributed by atoms with Gasteiger partial charge in [-0.15, -0.1) is 4.98 Å². The molecule has 3 aliphatic rings. The van der Waals surface area contributed by atoms with Crippen molar-refractivity contribution in [3.63, 3.8) is 0 Å². The molecule has 0 N–H and O–H groups in total. The molecule has 6 rings (SSSR count). The molecule has 3 aliphatic heterocycles. The van der Waals surface area contributed by atoms with Crippen molar-refractivity contribution in [3.05, 3.63) is 53.4 Å². The van der Waals surface area contributed by atoms with Crippen molar-refractivity contribution >= 4 is 16.9 Å². The second kappa shape index (κ2) is 11.1. The number of imidazole rings is 1. The van der Waals surface area contributed by atoms with Crippen molar-refractivity contribution in [2.75, 3.05) is 32.8 Å². The average Bonchev–Trinajstić information content (AvgIpc) is 3.24. The molecule has 3 fully saturated rings. The number of rotatable bonds is 8. The highest BCUT2D eigenvalue weighted by atomic mass is 19.3. The number of nitrogens with zero attached hydrogens (tertiary/aromatic N) is 7. The number of hydrogen-bond donors (Lipinski definition) is 0. The molecule has 0 saturated carbocycles. The van der Waals surface area contributed by atoms with Gasteiger partial charge in [0.25, 0.3) is 11.7 Å². The number of piperidine rings is 2. The molecule has 206 valence electrons. The van der Waals surface area contributed by atoms with Crippen LogP contribution >= 0.6 is 0 Å². The Morgan fingerprint density at radius 3 is 2.54 bits per heavy atom. The Hall–Kier alpha value is -3.20. The SMILES string of the molecule is [C-]#[N+]c1cc2nc(CN3CCC(Oc4cccc(CN5CCC(F)(F)CC5)n4)CC3)n(C[C@@H]3CCO3)c2cn1. The summed E-state index contributed by atoms with van der Waals surface area (Å²) in [4.78, 5) is 21.7. The first kappa shape index (κ1) is 26.0. The van der Waals surface area contributed by atoms with Crippen LogP contribution in [-0.4, -0.2) is 80.2 Å². The fourth-order valence-electron chi connectivity index (χ4n) is 5.52. The van der Waals surface area contributed by atoms with Crippen LogP contribution in [0, 0.1) is 6.57 Å². The van der Waals surface area contributed by atoms with E-state index in [1.807, 2.05) is 23.1 Å². The van der Waals surface area contributed by atoms with Gasteiger partial charge >= 0.3 is 0 Å². The van der Waals surface area contributed by atoms with Crippen LogP contribution in [0.25, 0.3) is 15.9 Å². The van der Waals surface area contributed by atoms with Gasteiger partial charge in [-0.2, -0.15) is 0 Å². The summed E-state index contributed by atoms with van der Waals surface area (Å²) in [6.45, 7) is 12.6. The zero-order valence-electron chi connectivity index (χ0n) is 21.9. The van der Waals surface area contributed by atoms with E-state index in [1.165, 1.54) is 0 Å². The third-order valence-electron chi connectivity index (χ3n) is 7.93. The minimum atomic E-state index is -2.54. The van der Waals surface area contributed by atoms with Crippen molar-refractivity contribution in [2.45, 2.75) is 69.9 Å². The van der Waals surface area contributed by atoms with Crippen molar-refractivity contribution in [2.24, 2.45) is 0 Å². The lowest BCUT2D eigenvalue weighted by atomic mass is 10.1. The molecule has 3 aromatic heterocycles. The summed E-state index contributed by atoms with van der Waals surface area (Å²) in [5.41, 5.74) is 2.59. The van der Waals surface area contributed by atoms with Crippen LogP contribution in [0.3, 0.4) is 0 Å². The number of halogens is 2. The van der Waals surface area contributed by atoms with Crippen molar-refractivity contribution in [3.8, 4) is 5.88 Å². The van der Waals surface area contributed by atoms with Gasteiger partial charge in [0.05, 0.1) is 30.4 Å². The maximum Gasteiger partial charge on any atom is 0.271 e. The smallest absolute Gasteiger partial charge is 0.271 e. The molecule has 0 aliphatic carbocycles. The lowest BCUT2D eigenvalue weighted by Crippen LogP contribution is -2.39.